The average molecular weight is 327 g/mol. The molecule has 0 aliphatic heterocycles. The molecule has 1 N–H and O–H groups in total. The van der Waals surface area contributed by atoms with Gasteiger partial charge in [-0.3, -0.25) is 4.79 Å². The van der Waals surface area contributed by atoms with Gasteiger partial charge in [0.15, 0.2) is 11.5 Å². The fraction of sp³-hybridized carbons (Fsp3) is 0.167. The topological polar surface area (TPSA) is 73.4 Å². The van der Waals surface area contributed by atoms with Crippen LogP contribution in [0.25, 0.3) is 0 Å². The summed E-state index contributed by atoms with van der Waals surface area (Å²) in [7, 11) is 3.03. The molecule has 1 aromatic heterocycles. The Hall–Kier alpha value is -2.02. The molecule has 19 heavy (non-hydrogen) atoms. The number of rotatable bonds is 4. The zero-order valence-electron chi connectivity index (χ0n) is 10.3. The average Bonchev–Trinajstić information content (AvgIpc) is 2.44. The van der Waals surface area contributed by atoms with Gasteiger partial charge in [0.1, 0.15) is 4.47 Å². The lowest BCUT2D eigenvalue weighted by molar-refractivity contribution is 0.340. The number of hydrogen-bond acceptors (Lipinski definition) is 5. The van der Waals surface area contributed by atoms with Crippen LogP contribution in [-0.2, 0) is 0 Å². The van der Waals surface area contributed by atoms with E-state index in [1.807, 2.05) is 0 Å². The standard InChI is InChI=1S/C12H11BrN2O4/c1-17-7-4-3-5-8(18-2)10(7)19-12-9(13)11(16)14-6-15-12/h3-6H,1-2H3,(H,14,15,16). The van der Waals surface area contributed by atoms with E-state index in [0.29, 0.717) is 17.2 Å². The highest BCUT2D eigenvalue weighted by Gasteiger charge is 2.15. The van der Waals surface area contributed by atoms with Gasteiger partial charge in [-0.2, -0.15) is 0 Å². The molecule has 0 atom stereocenters. The van der Waals surface area contributed by atoms with Crippen molar-refractivity contribution in [3.05, 3.63) is 39.4 Å². The quantitative estimate of drug-likeness (QED) is 0.933. The Morgan fingerprint density at radius 1 is 1.21 bits per heavy atom. The predicted molar refractivity (Wildman–Crippen MR) is 72.2 cm³/mol. The fourth-order valence-electron chi connectivity index (χ4n) is 1.45. The first-order chi connectivity index (χ1) is 9.17. The molecule has 0 spiro atoms. The number of hydrogen-bond donors (Lipinski definition) is 1. The lowest BCUT2D eigenvalue weighted by Gasteiger charge is -2.13. The Balaban J connectivity index is 2.48. The first kappa shape index (κ1) is 13.4. The molecule has 0 radical (unpaired) electrons. The van der Waals surface area contributed by atoms with Gasteiger partial charge in [-0.25, -0.2) is 4.98 Å². The summed E-state index contributed by atoms with van der Waals surface area (Å²) >= 11 is 3.12. The number of ether oxygens (including phenoxy) is 3. The van der Waals surface area contributed by atoms with Crippen LogP contribution in [-0.4, -0.2) is 24.2 Å². The zero-order chi connectivity index (χ0) is 13.8. The summed E-state index contributed by atoms with van der Waals surface area (Å²) in [6.07, 6.45) is 1.25. The van der Waals surface area contributed by atoms with Crippen molar-refractivity contribution in [3.8, 4) is 23.1 Å². The number of benzene rings is 1. The zero-order valence-corrected chi connectivity index (χ0v) is 11.9. The van der Waals surface area contributed by atoms with E-state index in [-0.39, 0.29) is 15.9 Å². The normalized spacial score (nSPS) is 10.1. The molecule has 0 amide bonds. The molecule has 0 fully saturated rings. The SMILES string of the molecule is COc1cccc(OC)c1Oc1nc[nH]c(=O)c1Br. The van der Waals surface area contributed by atoms with Crippen LogP contribution in [0.2, 0.25) is 0 Å². The van der Waals surface area contributed by atoms with Crippen molar-refractivity contribution in [1.29, 1.82) is 0 Å². The van der Waals surface area contributed by atoms with Gasteiger partial charge in [-0.05, 0) is 28.1 Å². The molecule has 0 aliphatic rings. The molecule has 2 aromatic rings. The number of halogens is 1. The van der Waals surface area contributed by atoms with Crippen LogP contribution >= 0.6 is 15.9 Å². The Bertz CT molecular complexity index is 620. The van der Waals surface area contributed by atoms with Crippen LogP contribution in [0.5, 0.6) is 23.1 Å². The molecular formula is C12H11BrN2O4. The van der Waals surface area contributed by atoms with Crippen LogP contribution in [0.15, 0.2) is 33.8 Å². The number of H-pyrrole nitrogens is 1. The first-order valence-electron chi connectivity index (χ1n) is 5.29. The second-order valence-electron chi connectivity index (χ2n) is 3.44. The summed E-state index contributed by atoms with van der Waals surface area (Å²) in [5, 5.41) is 0. The number of para-hydroxylation sites is 1. The molecular weight excluding hydrogens is 316 g/mol. The van der Waals surface area contributed by atoms with Crippen LogP contribution in [0.3, 0.4) is 0 Å². The molecule has 100 valence electrons. The van der Waals surface area contributed by atoms with Crippen molar-refractivity contribution >= 4 is 15.9 Å². The van der Waals surface area contributed by atoms with Gasteiger partial charge in [0, 0.05) is 0 Å². The molecule has 6 nitrogen and oxygen atoms in total. The van der Waals surface area contributed by atoms with E-state index in [1.165, 1.54) is 20.5 Å². The summed E-state index contributed by atoms with van der Waals surface area (Å²) in [5.41, 5.74) is -0.334. The van der Waals surface area contributed by atoms with Crippen molar-refractivity contribution in [2.45, 2.75) is 0 Å². The minimum Gasteiger partial charge on any atom is -0.493 e. The van der Waals surface area contributed by atoms with E-state index >= 15 is 0 Å². The van der Waals surface area contributed by atoms with Gasteiger partial charge < -0.3 is 19.2 Å². The van der Waals surface area contributed by atoms with Gasteiger partial charge in [0.25, 0.3) is 5.56 Å². The largest absolute Gasteiger partial charge is 0.493 e. The first-order valence-corrected chi connectivity index (χ1v) is 6.08. The summed E-state index contributed by atoms with van der Waals surface area (Å²) in [4.78, 5) is 17.8. The molecule has 1 aromatic carbocycles. The lowest BCUT2D eigenvalue weighted by atomic mass is 10.3. The van der Waals surface area contributed by atoms with Crippen LogP contribution in [0.4, 0.5) is 0 Å². The Labute approximate surface area is 117 Å². The van der Waals surface area contributed by atoms with Gasteiger partial charge in [-0.1, -0.05) is 6.07 Å². The molecule has 0 bridgehead atoms. The molecule has 0 saturated heterocycles. The maximum Gasteiger partial charge on any atom is 0.268 e. The van der Waals surface area contributed by atoms with Gasteiger partial charge in [-0.15, -0.1) is 0 Å². The van der Waals surface area contributed by atoms with E-state index in [4.69, 9.17) is 14.2 Å². The van der Waals surface area contributed by atoms with Crippen molar-refractivity contribution in [2.24, 2.45) is 0 Å². The van der Waals surface area contributed by atoms with Crippen LogP contribution in [0, 0.1) is 0 Å². The summed E-state index contributed by atoms with van der Waals surface area (Å²) in [6.45, 7) is 0. The summed E-state index contributed by atoms with van der Waals surface area (Å²) in [5.74, 6) is 1.44. The maximum absolute atomic E-state index is 11.5. The smallest absolute Gasteiger partial charge is 0.268 e. The Kier molecular flexibility index (Phi) is 4.06. The van der Waals surface area contributed by atoms with Crippen LogP contribution < -0.4 is 19.8 Å². The fourth-order valence-corrected chi connectivity index (χ4v) is 1.75. The van der Waals surface area contributed by atoms with Crippen molar-refractivity contribution in [2.75, 3.05) is 14.2 Å². The third-order valence-corrected chi connectivity index (χ3v) is 3.05. The number of methoxy groups -OCH3 is 2. The minimum absolute atomic E-state index is 0.131. The van der Waals surface area contributed by atoms with E-state index in [2.05, 4.69) is 25.9 Å². The van der Waals surface area contributed by atoms with E-state index in [1.54, 1.807) is 18.2 Å². The number of aromatic nitrogens is 2. The number of nitrogens with zero attached hydrogens (tertiary/aromatic N) is 1. The predicted octanol–water partition coefficient (Wildman–Crippen LogP) is 2.34. The molecule has 2 rings (SSSR count). The highest BCUT2D eigenvalue weighted by atomic mass is 79.9. The van der Waals surface area contributed by atoms with Gasteiger partial charge in [0.2, 0.25) is 11.6 Å². The van der Waals surface area contributed by atoms with Crippen molar-refractivity contribution in [1.82, 2.24) is 9.97 Å². The third-order valence-electron chi connectivity index (χ3n) is 2.35. The molecule has 7 heteroatoms. The summed E-state index contributed by atoms with van der Waals surface area (Å²) < 4.78 is 16.2. The van der Waals surface area contributed by atoms with Gasteiger partial charge in [0.05, 0.1) is 20.5 Å². The molecule has 0 saturated carbocycles. The second kappa shape index (κ2) is 5.75. The number of nitrogens with one attached hydrogen (secondary N) is 1. The lowest BCUT2D eigenvalue weighted by Crippen LogP contribution is -2.08. The third kappa shape index (κ3) is 2.70. The Morgan fingerprint density at radius 2 is 1.84 bits per heavy atom. The maximum atomic E-state index is 11.5. The highest BCUT2D eigenvalue weighted by molar-refractivity contribution is 9.10. The van der Waals surface area contributed by atoms with E-state index in [9.17, 15) is 4.79 Å². The molecule has 1 heterocycles. The van der Waals surface area contributed by atoms with E-state index in [0.717, 1.165) is 0 Å². The monoisotopic (exact) mass is 326 g/mol. The summed E-state index contributed by atoms with van der Waals surface area (Å²) in [6, 6.07) is 5.21. The van der Waals surface area contributed by atoms with Crippen LogP contribution in [0.1, 0.15) is 0 Å². The van der Waals surface area contributed by atoms with Crippen molar-refractivity contribution in [3.63, 3.8) is 0 Å². The van der Waals surface area contributed by atoms with Gasteiger partial charge >= 0.3 is 0 Å². The highest BCUT2D eigenvalue weighted by Crippen LogP contribution is 2.40. The molecule has 0 aliphatic carbocycles. The number of aromatic amines is 1. The minimum atomic E-state index is -0.334. The molecule has 0 unspecified atom stereocenters. The van der Waals surface area contributed by atoms with E-state index < -0.39 is 0 Å². The second-order valence-corrected chi connectivity index (χ2v) is 4.24. The van der Waals surface area contributed by atoms with Crippen molar-refractivity contribution < 1.29 is 14.2 Å². The Morgan fingerprint density at radius 3 is 2.42 bits per heavy atom.